The Morgan fingerprint density at radius 3 is 2.47 bits per heavy atom. The Balaban J connectivity index is 3.18. The van der Waals surface area contributed by atoms with Gasteiger partial charge in [-0.05, 0) is 25.1 Å². The summed E-state index contributed by atoms with van der Waals surface area (Å²) in [4.78, 5) is 18.2. The molecule has 0 bridgehead atoms. The van der Waals surface area contributed by atoms with Crippen LogP contribution in [0, 0.1) is 0 Å². The van der Waals surface area contributed by atoms with Crippen LogP contribution in [0.1, 0.15) is 17.3 Å². The van der Waals surface area contributed by atoms with Crippen LogP contribution in [0.15, 0.2) is 29.2 Å². The Bertz CT molecular complexity index is 557. The zero-order chi connectivity index (χ0) is 14.6. The molecule has 1 aromatic carbocycles. The molecule has 0 saturated heterocycles. The first-order chi connectivity index (χ1) is 8.84. The molecule has 0 aliphatic heterocycles. The van der Waals surface area contributed by atoms with Crippen molar-refractivity contribution in [3.8, 4) is 0 Å². The summed E-state index contributed by atoms with van der Waals surface area (Å²) in [5.41, 5.74) is 0.329. The minimum Gasteiger partial charge on any atom is -0.342 e. The number of nitrogens with zero attached hydrogens (tertiary/aromatic N) is 2. The average Bonchev–Trinajstić information content (AvgIpc) is 2.44. The molecule has 0 saturated carbocycles. The van der Waals surface area contributed by atoms with E-state index in [9.17, 15) is 13.2 Å². The lowest BCUT2D eigenvalue weighted by Gasteiger charge is -2.17. The quantitative estimate of drug-likeness (QED) is 0.756. The molecule has 7 heteroatoms. The zero-order valence-corrected chi connectivity index (χ0v) is 12.3. The Morgan fingerprint density at radius 1 is 1.32 bits per heavy atom. The van der Waals surface area contributed by atoms with Crippen molar-refractivity contribution in [2.24, 2.45) is 0 Å². The van der Waals surface area contributed by atoms with E-state index in [0.29, 0.717) is 12.1 Å². The van der Waals surface area contributed by atoms with Crippen molar-refractivity contribution in [2.75, 3.05) is 27.7 Å². The van der Waals surface area contributed by atoms with Gasteiger partial charge in [0.25, 0.3) is 15.9 Å². The van der Waals surface area contributed by atoms with Gasteiger partial charge in [-0.2, -0.15) is 0 Å². The van der Waals surface area contributed by atoms with Gasteiger partial charge in [-0.25, -0.2) is 8.42 Å². The molecular weight excluding hydrogens is 268 g/mol. The van der Waals surface area contributed by atoms with Crippen molar-refractivity contribution >= 4 is 15.9 Å². The van der Waals surface area contributed by atoms with Gasteiger partial charge in [0.05, 0.1) is 12.0 Å². The topological polar surface area (TPSA) is 66.9 Å². The third-order valence-corrected chi connectivity index (χ3v) is 4.47. The van der Waals surface area contributed by atoms with Gasteiger partial charge in [0.2, 0.25) is 0 Å². The van der Waals surface area contributed by atoms with Crippen molar-refractivity contribution in [1.29, 1.82) is 0 Å². The Morgan fingerprint density at radius 2 is 1.95 bits per heavy atom. The van der Waals surface area contributed by atoms with Gasteiger partial charge in [-0.3, -0.25) is 9.63 Å². The number of sulfonamides is 1. The van der Waals surface area contributed by atoms with Gasteiger partial charge in [0.15, 0.2) is 0 Å². The maximum Gasteiger partial charge on any atom is 0.264 e. The van der Waals surface area contributed by atoms with Crippen LogP contribution in [-0.4, -0.2) is 51.4 Å². The minimum atomic E-state index is -3.74. The lowest BCUT2D eigenvalue weighted by molar-refractivity contribution is -0.0258. The van der Waals surface area contributed by atoms with E-state index in [1.54, 1.807) is 13.1 Å². The van der Waals surface area contributed by atoms with Crippen LogP contribution >= 0.6 is 0 Å². The lowest BCUT2D eigenvalue weighted by Crippen LogP contribution is -2.28. The SMILES string of the molecule is CCN(C)C(=O)c1cccc(S(=O)(=O)N(C)OC)c1. The summed E-state index contributed by atoms with van der Waals surface area (Å²) in [5, 5.41) is 0. The highest BCUT2D eigenvalue weighted by molar-refractivity contribution is 7.89. The second-order valence-electron chi connectivity index (χ2n) is 3.94. The molecule has 0 unspecified atom stereocenters. The lowest BCUT2D eigenvalue weighted by atomic mass is 10.2. The maximum absolute atomic E-state index is 12.1. The third kappa shape index (κ3) is 3.31. The summed E-state index contributed by atoms with van der Waals surface area (Å²) in [7, 11) is 0.475. The van der Waals surface area contributed by atoms with E-state index < -0.39 is 10.0 Å². The Kier molecular flexibility index (Phi) is 5.04. The maximum atomic E-state index is 12.1. The van der Waals surface area contributed by atoms with Crippen LogP contribution in [0.2, 0.25) is 0 Å². The first kappa shape index (κ1) is 15.6. The summed E-state index contributed by atoms with van der Waals surface area (Å²) in [6.07, 6.45) is 0. The van der Waals surface area contributed by atoms with E-state index in [1.807, 2.05) is 6.92 Å². The summed E-state index contributed by atoms with van der Waals surface area (Å²) in [6.45, 7) is 2.39. The predicted octanol–water partition coefficient (Wildman–Crippen LogP) is 0.960. The smallest absolute Gasteiger partial charge is 0.264 e. The number of carbonyl (C=O) groups excluding carboxylic acids is 1. The van der Waals surface area contributed by atoms with E-state index >= 15 is 0 Å². The normalized spacial score (nSPS) is 11.6. The van der Waals surface area contributed by atoms with E-state index in [4.69, 9.17) is 0 Å². The summed E-state index contributed by atoms with van der Waals surface area (Å²) in [6, 6.07) is 5.89. The second kappa shape index (κ2) is 6.14. The average molecular weight is 286 g/mol. The summed E-state index contributed by atoms with van der Waals surface area (Å²) >= 11 is 0. The largest absolute Gasteiger partial charge is 0.342 e. The molecule has 0 spiro atoms. The van der Waals surface area contributed by atoms with Crippen LogP contribution in [0.3, 0.4) is 0 Å². The van der Waals surface area contributed by atoms with Gasteiger partial charge in [0.1, 0.15) is 0 Å². The van der Waals surface area contributed by atoms with Crippen molar-refractivity contribution in [2.45, 2.75) is 11.8 Å². The number of hydroxylamine groups is 1. The van der Waals surface area contributed by atoms with Gasteiger partial charge in [-0.1, -0.05) is 10.5 Å². The highest BCUT2D eigenvalue weighted by Crippen LogP contribution is 2.16. The number of benzene rings is 1. The van der Waals surface area contributed by atoms with E-state index in [1.165, 1.54) is 37.3 Å². The molecule has 1 rings (SSSR count). The van der Waals surface area contributed by atoms with Crippen LogP contribution < -0.4 is 0 Å². The van der Waals surface area contributed by atoms with Crippen molar-refractivity contribution in [3.05, 3.63) is 29.8 Å². The predicted molar refractivity (Wildman–Crippen MR) is 71.0 cm³/mol. The van der Waals surface area contributed by atoms with Gasteiger partial charge in [0, 0.05) is 26.2 Å². The molecular formula is C12H18N2O4S. The molecule has 1 aromatic rings. The fraction of sp³-hybridized carbons (Fsp3) is 0.417. The fourth-order valence-electron chi connectivity index (χ4n) is 1.40. The zero-order valence-electron chi connectivity index (χ0n) is 11.5. The molecule has 0 aliphatic rings. The number of rotatable bonds is 5. The molecule has 0 radical (unpaired) electrons. The van der Waals surface area contributed by atoms with Crippen molar-refractivity contribution in [3.63, 3.8) is 0 Å². The molecule has 0 fully saturated rings. The van der Waals surface area contributed by atoms with Crippen LogP contribution in [0.5, 0.6) is 0 Å². The molecule has 0 atom stereocenters. The molecule has 0 N–H and O–H groups in total. The van der Waals surface area contributed by atoms with Gasteiger partial charge < -0.3 is 4.90 Å². The molecule has 106 valence electrons. The van der Waals surface area contributed by atoms with E-state index in [0.717, 1.165) is 4.47 Å². The van der Waals surface area contributed by atoms with Gasteiger partial charge >= 0.3 is 0 Å². The number of carbonyl (C=O) groups is 1. The first-order valence-electron chi connectivity index (χ1n) is 5.73. The van der Waals surface area contributed by atoms with Crippen molar-refractivity contribution in [1.82, 2.24) is 9.37 Å². The highest BCUT2D eigenvalue weighted by Gasteiger charge is 2.22. The molecule has 0 aromatic heterocycles. The Labute approximate surface area is 113 Å². The monoisotopic (exact) mass is 286 g/mol. The minimum absolute atomic E-state index is 0.0206. The molecule has 6 nitrogen and oxygen atoms in total. The highest BCUT2D eigenvalue weighted by atomic mass is 32.2. The van der Waals surface area contributed by atoms with E-state index in [-0.39, 0.29) is 10.8 Å². The fourth-order valence-corrected chi connectivity index (χ4v) is 2.42. The summed E-state index contributed by atoms with van der Waals surface area (Å²) in [5.74, 6) is -0.223. The van der Waals surface area contributed by atoms with E-state index in [2.05, 4.69) is 4.84 Å². The van der Waals surface area contributed by atoms with Crippen LogP contribution in [0.4, 0.5) is 0 Å². The van der Waals surface area contributed by atoms with Crippen molar-refractivity contribution < 1.29 is 18.0 Å². The summed E-state index contributed by atoms with van der Waals surface area (Å²) < 4.78 is 24.9. The number of hydrogen-bond acceptors (Lipinski definition) is 4. The van der Waals surface area contributed by atoms with Gasteiger partial charge in [-0.15, -0.1) is 0 Å². The second-order valence-corrected chi connectivity index (χ2v) is 5.88. The molecule has 19 heavy (non-hydrogen) atoms. The van der Waals surface area contributed by atoms with Crippen LogP contribution in [0.25, 0.3) is 0 Å². The Hall–Kier alpha value is -1.44. The molecule has 1 amide bonds. The third-order valence-electron chi connectivity index (χ3n) is 2.80. The standard InChI is InChI=1S/C12H18N2O4S/c1-5-13(2)12(15)10-7-6-8-11(9-10)19(16,17)14(3)18-4/h6-9H,5H2,1-4H3. The number of amides is 1. The molecule has 0 heterocycles. The van der Waals surface area contributed by atoms with Crippen LogP contribution in [-0.2, 0) is 14.9 Å². The molecule has 0 aliphatic carbocycles. The number of hydrogen-bond donors (Lipinski definition) is 0. The first-order valence-corrected chi connectivity index (χ1v) is 7.17.